The molecule has 1 N–H and O–H groups in total. The van der Waals surface area contributed by atoms with E-state index in [1.807, 2.05) is 26.1 Å². The first-order chi connectivity index (χ1) is 7.26. The quantitative estimate of drug-likeness (QED) is 0.588. The van der Waals surface area contributed by atoms with Gasteiger partial charge in [-0.2, -0.15) is 0 Å². The van der Waals surface area contributed by atoms with E-state index in [1.165, 1.54) is 0 Å². The second-order valence-electron chi connectivity index (χ2n) is 3.59. The van der Waals surface area contributed by atoms with Gasteiger partial charge in [0.15, 0.2) is 0 Å². The molecule has 0 radical (unpaired) electrons. The van der Waals surface area contributed by atoms with Crippen molar-refractivity contribution < 1.29 is 4.79 Å². The Labute approximate surface area is 91.0 Å². The standard InChI is InChI=1S/C13H17NO/c1-11-7-12(5-3-4-6-14-2)9-13(8-11)10-15/h3,5,7-10,14H,4,6H2,1-2H3. The van der Waals surface area contributed by atoms with Crippen molar-refractivity contribution in [3.05, 3.63) is 41.0 Å². The van der Waals surface area contributed by atoms with Crippen molar-refractivity contribution in [3.63, 3.8) is 0 Å². The average Bonchev–Trinajstić information content (AvgIpc) is 2.23. The Morgan fingerprint density at radius 1 is 1.27 bits per heavy atom. The minimum absolute atomic E-state index is 0.739. The van der Waals surface area contributed by atoms with E-state index in [4.69, 9.17) is 0 Å². The summed E-state index contributed by atoms with van der Waals surface area (Å²) in [5.41, 5.74) is 2.95. The molecular formula is C13H17NO. The van der Waals surface area contributed by atoms with Crippen LogP contribution in [0.3, 0.4) is 0 Å². The summed E-state index contributed by atoms with van der Waals surface area (Å²) < 4.78 is 0. The predicted molar refractivity (Wildman–Crippen MR) is 64.1 cm³/mol. The molecule has 0 aliphatic rings. The number of aldehydes is 1. The first kappa shape index (κ1) is 11.7. The molecule has 0 spiro atoms. The van der Waals surface area contributed by atoms with Crippen molar-refractivity contribution in [1.82, 2.24) is 5.32 Å². The maximum atomic E-state index is 10.7. The fraction of sp³-hybridized carbons (Fsp3) is 0.308. The van der Waals surface area contributed by atoms with Crippen LogP contribution in [0, 0.1) is 6.92 Å². The topological polar surface area (TPSA) is 29.1 Å². The molecule has 0 aliphatic heterocycles. The van der Waals surface area contributed by atoms with Crippen LogP contribution in [-0.4, -0.2) is 19.9 Å². The summed E-state index contributed by atoms with van der Waals surface area (Å²) in [7, 11) is 1.94. The first-order valence-electron chi connectivity index (χ1n) is 5.14. The molecule has 0 aromatic heterocycles. The van der Waals surface area contributed by atoms with E-state index >= 15 is 0 Å². The highest BCUT2D eigenvalue weighted by Crippen LogP contribution is 2.10. The maximum absolute atomic E-state index is 10.7. The number of hydrogen-bond donors (Lipinski definition) is 1. The summed E-state index contributed by atoms with van der Waals surface area (Å²) in [6.45, 7) is 2.97. The molecule has 2 nitrogen and oxygen atoms in total. The van der Waals surface area contributed by atoms with Crippen molar-refractivity contribution >= 4 is 12.4 Å². The number of aryl methyl sites for hydroxylation is 1. The summed E-state index contributed by atoms with van der Waals surface area (Å²) in [4.78, 5) is 10.7. The van der Waals surface area contributed by atoms with Crippen LogP contribution in [0.25, 0.3) is 6.08 Å². The second-order valence-corrected chi connectivity index (χ2v) is 3.59. The van der Waals surface area contributed by atoms with Crippen LogP contribution in [0.15, 0.2) is 24.3 Å². The molecule has 0 amide bonds. The highest BCUT2D eigenvalue weighted by molar-refractivity contribution is 5.76. The molecule has 0 atom stereocenters. The Morgan fingerprint density at radius 3 is 2.67 bits per heavy atom. The normalized spacial score (nSPS) is 10.8. The largest absolute Gasteiger partial charge is 0.319 e. The highest BCUT2D eigenvalue weighted by atomic mass is 16.1. The van der Waals surface area contributed by atoms with Crippen molar-refractivity contribution in [2.75, 3.05) is 13.6 Å². The van der Waals surface area contributed by atoms with Gasteiger partial charge in [0.1, 0.15) is 6.29 Å². The van der Waals surface area contributed by atoms with Gasteiger partial charge in [-0.1, -0.05) is 18.2 Å². The molecule has 0 saturated heterocycles. The lowest BCUT2D eigenvalue weighted by atomic mass is 10.1. The third kappa shape index (κ3) is 4.09. The lowest BCUT2D eigenvalue weighted by Gasteiger charge is -1.99. The second kappa shape index (κ2) is 6.14. The highest BCUT2D eigenvalue weighted by Gasteiger charge is 1.94. The van der Waals surface area contributed by atoms with Crippen LogP contribution in [0.1, 0.15) is 27.9 Å². The van der Waals surface area contributed by atoms with E-state index in [1.54, 1.807) is 0 Å². The van der Waals surface area contributed by atoms with Crippen molar-refractivity contribution in [1.29, 1.82) is 0 Å². The molecule has 0 unspecified atom stereocenters. The average molecular weight is 203 g/mol. The number of carbonyl (C=O) groups excluding carboxylic acids is 1. The monoisotopic (exact) mass is 203 g/mol. The third-order valence-electron chi connectivity index (χ3n) is 2.13. The number of carbonyl (C=O) groups is 1. The maximum Gasteiger partial charge on any atom is 0.150 e. The van der Waals surface area contributed by atoms with E-state index in [-0.39, 0.29) is 0 Å². The smallest absolute Gasteiger partial charge is 0.150 e. The van der Waals surface area contributed by atoms with Crippen molar-refractivity contribution in [2.45, 2.75) is 13.3 Å². The number of rotatable bonds is 5. The van der Waals surface area contributed by atoms with Gasteiger partial charge in [0.2, 0.25) is 0 Å². The molecule has 0 bridgehead atoms. The van der Waals surface area contributed by atoms with Crippen LogP contribution in [0.4, 0.5) is 0 Å². The summed E-state index contributed by atoms with van der Waals surface area (Å²) in [5, 5.41) is 3.08. The van der Waals surface area contributed by atoms with Gasteiger partial charge in [-0.25, -0.2) is 0 Å². The minimum atomic E-state index is 0.739. The Hall–Kier alpha value is -1.41. The van der Waals surface area contributed by atoms with E-state index in [0.29, 0.717) is 0 Å². The Bertz CT molecular complexity index is 356. The third-order valence-corrected chi connectivity index (χ3v) is 2.13. The van der Waals surface area contributed by atoms with Gasteiger partial charge in [0.05, 0.1) is 0 Å². The fourth-order valence-corrected chi connectivity index (χ4v) is 1.45. The molecule has 0 aliphatic carbocycles. The van der Waals surface area contributed by atoms with Gasteiger partial charge >= 0.3 is 0 Å². The van der Waals surface area contributed by atoms with Crippen molar-refractivity contribution in [3.8, 4) is 0 Å². The predicted octanol–water partition coefficient (Wildman–Crippen LogP) is 2.43. The zero-order valence-corrected chi connectivity index (χ0v) is 9.29. The SMILES string of the molecule is CNCCC=Cc1cc(C)cc(C=O)c1. The van der Waals surface area contributed by atoms with Crippen molar-refractivity contribution in [2.24, 2.45) is 0 Å². The lowest BCUT2D eigenvalue weighted by molar-refractivity contribution is 0.112. The Balaban J connectivity index is 2.72. The molecule has 80 valence electrons. The van der Waals surface area contributed by atoms with Gasteiger partial charge in [-0.15, -0.1) is 0 Å². The van der Waals surface area contributed by atoms with Crippen LogP contribution >= 0.6 is 0 Å². The van der Waals surface area contributed by atoms with E-state index in [9.17, 15) is 4.79 Å². The zero-order valence-electron chi connectivity index (χ0n) is 9.29. The van der Waals surface area contributed by atoms with Crippen LogP contribution in [0.5, 0.6) is 0 Å². The number of hydrogen-bond acceptors (Lipinski definition) is 2. The van der Waals surface area contributed by atoms with Gasteiger partial charge in [0, 0.05) is 5.56 Å². The lowest BCUT2D eigenvalue weighted by Crippen LogP contribution is -2.05. The Morgan fingerprint density at radius 2 is 2.00 bits per heavy atom. The van der Waals surface area contributed by atoms with E-state index in [2.05, 4.69) is 23.5 Å². The van der Waals surface area contributed by atoms with Gasteiger partial charge in [-0.3, -0.25) is 4.79 Å². The molecule has 0 saturated carbocycles. The first-order valence-corrected chi connectivity index (χ1v) is 5.14. The molecule has 1 aromatic rings. The molecule has 0 fully saturated rings. The molecule has 1 aromatic carbocycles. The van der Waals surface area contributed by atoms with Gasteiger partial charge in [-0.05, 0) is 50.2 Å². The molecule has 0 heterocycles. The summed E-state index contributed by atoms with van der Waals surface area (Å²) in [6, 6.07) is 5.86. The summed E-state index contributed by atoms with van der Waals surface area (Å²) in [6.07, 6.45) is 6.05. The minimum Gasteiger partial charge on any atom is -0.319 e. The molecule has 1 rings (SSSR count). The van der Waals surface area contributed by atoms with Gasteiger partial charge < -0.3 is 5.32 Å². The molecule has 15 heavy (non-hydrogen) atoms. The van der Waals surface area contributed by atoms with Gasteiger partial charge in [0.25, 0.3) is 0 Å². The van der Waals surface area contributed by atoms with Crippen LogP contribution < -0.4 is 5.32 Å². The summed E-state index contributed by atoms with van der Waals surface area (Å²) in [5.74, 6) is 0. The molecular weight excluding hydrogens is 186 g/mol. The number of benzene rings is 1. The number of nitrogens with one attached hydrogen (secondary N) is 1. The molecule has 2 heteroatoms. The fourth-order valence-electron chi connectivity index (χ4n) is 1.45. The van der Waals surface area contributed by atoms with Crippen LogP contribution in [-0.2, 0) is 0 Å². The van der Waals surface area contributed by atoms with Crippen LogP contribution in [0.2, 0.25) is 0 Å². The zero-order chi connectivity index (χ0) is 11.1. The summed E-state index contributed by atoms with van der Waals surface area (Å²) >= 11 is 0. The van der Waals surface area contributed by atoms with E-state index < -0.39 is 0 Å². The Kier molecular flexibility index (Phi) is 4.78. The van der Waals surface area contributed by atoms with E-state index in [0.717, 1.165) is 35.9 Å².